The molecule has 0 atom stereocenters. The first-order chi connectivity index (χ1) is 10.4. The maximum Gasteiger partial charge on any atom is 0.446 e. The van der Waals surface area contributed by atoms with Crippen molar-refractivity contribution in [2.24, 2.45) is 0 Å². The van der Waals surface area contributed by atoms with E-state index in [0.29, 0.717) is 16.6 Å². The number of hydrogen-bond donors (Lipinski definition) is 0. The van der Waals surface area contributed by atoms with Crippen LogP contribution in [0, 0.1) is 6.92 Å². The van der Waals surface area contributed by atoms with Crippen molar-refractivity contribution in [3.63, 3.8) is 0 Å². The first kappa shape index (κ1) is 14.9. The van der Waals surface area contributed by atoms with Gasteiger partial charge in [0.25, 0.3) is 0 Å². The van der Waals surface area contributed by atoms with Crippen LogP contribution in [0.25, 0.3) is 22.2 Å². The molecule has 0 fully saturated rings. The maximum absolute atomic E-state index is 12.9. The van der Waals surface area contributed by atoms with E-state index in [9.17, 15) is 13.2 Å². The van der Waals surface area contributed by atoms with Gasteiger partial charge in [-0.1, -0.05) is 42.5 Å². The molecule has 3 rings (SSSR count). The van der Waals surface area contributed by atoms with Crippen LogP contribution < -0.4 is 0 Å². The van der Waals surface area contributed by atoms with Gasteiger partial charge in [0.1, 0.15) is 0 Å². The molecule has 2 aromatic carbocycles. The summed E-state index contributed by atoms with van der Waals surface area (Å²) < 4.78 is 38.6. The number of thioether (sulfide) groups is 1. The Morgan fingerprint density at radius 1 is 0.955 bits per heavy atom. The van der Waals surface area contributed by atoms with E-state index in [1.54, 1.807) is 36.4 Å². The Kier molecular flexibility index (Phi) is 3.83. The number of halogens is 3. The van der Waals surface area contributed by atoms with Gasteiger partial charge in [-0.25, -0.2) is 4.98 Å². The first-order valence-corrected chi connectivity index (χ1v) is 7.47. The van der Waals surface area contributed by atoms with Gasteiger partial charge in [0.05, 0.1) is 11.2 Å². The van der Waals surface area contributed by atoms with E-state index in [2.05, 4.69) is 4.98 Å². The van der Waals surface area contributed by atoms with Crippen molar-refractivity contribution in [2.45, 2.75) is 17.3 Å². The van der Waals surface area contributed by atoms with Crippen LogP contribution in [0.1, 0.15) is 5.56 Å². The van der Waals surface area contributed by atoms with Crippen LogP contribution in [0.4, 0.5) is 13.2 Å². The molecule has 0 bridgehead atoms. The number of alkyl halides is 3. The predicted octanol–water partition coefficient (Wildman–Crippen LogP) is 5.82. The second kappa shape index (κ2) is 5.65. The number of pyridine rings is 1. The van der Waals surface area contributed by atoms with Crippen molar-refractivity contribution in [2.75, 3.05) is 0 Å². The Morgan fingerprint density at radius 2 is 1.64 bits per heavy atom. The summed E-state index contributed by atoms with van der Waals surface area (Å²) in [6, 6.07) is 16.1. The van der Waals surface area contributed by atoms with Gasteiger partial charge in [-0.15, -0.1) is 0 Å². The fraction of sp³-hybridized carbons (Fsp3) is 0.118. The summed E-state index contributed by atoms with van der Waals surface area (Å²) in [4.78, 5) is 4.60. The van der Waals surface area contributed by atoms with Gasteiger partial charge in [0, 0.05) is 15.8 Å². The lowest BCUT2D eigenvalue weighted by molar-refractivity contribution is -0.0328. The molecule has 1 nitrogen and oxygen atoms in total. The monoisotopic (exact) mass is 319 g/mol. The molecule has 0 unspecified atom stereocenters. The van der Waals surface area contributed by atoms with Crippen molar-refractivity contribution in [1.29, 1.82) is 0 Å². The van der Waals surface area contributed by atoms with Gasteiger partial charge in [-0.3, -0.25) is 0 Å². The Morgan fingerprint density at radius 3 is 2.36 bits per heavy atom. The average molecular weight is 319 g/mol. The van der Waals surface area contributed by atoms with Gasteiger partial charge in [0.15, 0.2) is 0 Å². The minimum Gasteiger partial charge on any atom is -0.247 e. The first-order valence-electron chi connectivity index (χ1n) is 6.65. The molecule has 0 aliphatic rings. The highest BCUT2D eigenvalue weighted by Gasteiger charge is 2.31. The molecular weight excluding hydrogens is 307 g/mol. The number of fused-ring (bicyclic) bond motifs is 1. The van der Waals surface area contributed by atoms with E-state index in [4.69, 9.17) is 0 Å². The third kappa shape index (κ3) is 3.09. The number of rotatable bonds is 2. The molecule has 1 aromatic heterocycles. The number of para-hydroxylation sites is 1. The number of hydrogen-bond acceptors (Lipinski definition) is 2. The molecule has 0 N–H and O–H groups in total. The zero-order chi connectivity index (χ0) is 15.7. The van der Waals surface area contributed by atoms with E-state index in [1.165, 1.54) is 0 Å². The van der Waals surface area contributed by atoms with Crippen molar-refractivity contribution in [1.82, 2.24) is 4.98 Å². The van der Waals surface area contributed by atoms with E-state index in [-0.39, 0.29) is 16.7 Å². The minimum absolute atomic E-state index is 0.117. The number of nitrogens with zero attached hydrogens (tertiary/aromatic N) is 1. The summed E-state index contributed by atoms with van der Waals surface area (Å²) in [7, 11) is 0. The summed E-state index contributed by atoms with van der Waals surface area (Å²) in [5.41, 5.74) is -1.66. The maximum atomic E-state index is 12.9. The van der Waals surface area contributed by atoms with E-state index >= 15 is 0 Å². The largest absolute Gasteiger partial charge is 0.446 e. The molecule has 0 amide bonds. The Bertz CT molecular complexity index is 827. The lowest BCUT2D eigenvalue weighted by Crippen LogP contribution is -2.01. The van der Waals surface area contributed by atoms with E-state index in [0.717, 1.165) is 11.1 Å². The van der Waals surface area contributed by atoms with Gasteiger partial charge in [0.2, 0.25) is 0 Å². The molecule has 0 saturated heterocycles. The molecule has 0 spiro atoms. The lowest BCUT2D eigenvalue weighted by Gasteiger charge is -2.13. The van der Waals surface area contributed by atoms with Gasteiger partial charge >= 0.3 is 5.51 Å². The molecule has 0 aliphatic heterocycles. The second-order valence-corrected chi connectivity index (χ2v) is 6.00. The highest BCUT2D eigenvalue weighted by Crippen LogP contribution is 2.42. The van der Waals surface area contributed by atoms with Gasteiger partial charge in [-0.05, 0) is 36.4 Å². The minimum atomic E-state index is -4.35. The molecule has 112 valence electrons. The quantitative estimate of drug-likeness (QED) is 0.552. The van der Waals surface area contributed by atoms with Crippen LogP contribution in [0.3, 0.4) is 0 Å². The zero-order valence-electron chi connectivity index (χ0n) is 11.7. The second-order valence-electron chi connectivity index (χ2n) is 4.89. The van der Waals surface area contributed by atoms with Crippen LogP contribution in [-0.2, 0) is 0 Å². The standard InChI is InChI=1S/C17H12F3NS/c1-11-6-2-4-8-13(11)16-15(22-17(18,19)20)10-12-7-3-5-9-14(12)21-16/h2-10H,1H3. The zero-order valence-corrected chi connectivity index (χ0v) is 12.5. The lowest BCUT2D eigenvalue weighted by atomic mass is 10.0. The fourth-order valence-corrected chi connectivity index (χ4v) is 3.02. The molecule has 3 aromatic rings. The van der Waals surface area contributed by atoms with Crippen LogP contribution in [0.15, 0.2) is 59.5 Å². The highest BCUT2D eigenvalue weighted by atomic mass is 32.2. The Balaban J connectivity index is 2.26. The third-order valence-corrected chi connectivity index (χ3v) is 4.08. The summed E-state index contributed by atoms with van der Waals surface area (Å²) in [5.74, 6) is 0. The topological polar surface area (TPSA) is 12.9 Å². The van der Waals surface area contributed by atoms with E-state index in [1.807, 2.05) is 25.1 Å². The van der Waals surface area contributed by atoms with Crippen LogP contribution in [0.2, 0.25) is 0 Å². The summed E-state index contributed by atoms with van der Waals surface area (Å²) >= 11 is -0.117. The average Bonchev–Trinajstić information content (AvgIpc) is 2.46. The summed E-state index contributed by atoms with van der Waals surface area (Å²) in [6.07, 6.45) is 0. The Hall–Kier alpha value is -2.01. The number of aryl methyl sites for hydroxylation is 1. The van der Waals surface area contributed by atoms with Crippen LogP contribution in [-0.4, -0.2) is 10.5 Å². The predicted molar refractivity (Wildman–Crippen MR) is 83.8 cm³/mol. The van der Waals surface area contributed by atoms with Crippen molar-refractivity contribution in [3.8, 4) is 11.3 Å². The third-order valence-electron chi connectivity index (χ3n) is 3.31. The molecule has 1 heterocycles. The Labute approximate surface area is 130 Å². The van der Waals surface area contributed by atoms with Crippen LogP contribution >= 0.6 is 11.8 Å². The SMILES string of the molecule is Cc1ccccc1-c1nc2ccccc2cc1SC(F)(F)F. The number of benzene rings is 2. The van der Waals surface area contributed by atoms with Gasteiger partial charge < -0.3 is 0 Å². The molecule has 22 heavy (non-hydrogen) atoms. The van der Waals surface area contributed by atoms with Crippen LogP contribution in [0.5, 0.6) is 0 Å². The van der Waals surface area contributed by atoms with Crippen molar-refractivity contribution >= 4 is 22.7 Å². The van der Waals surface area contributed by atoms with Gasteiger partial charge in [-0.2, -0.15) is 13.2 Å². The molecule has 0 saturated carbocycles. The molecule has 0 radical (unpaired) electrons. The number of aromatic nitrogens is 1. The van der Waals surface area contributed by atoms with Crippen molar-refractivity contribution in [3.05, 3.63) is 60.2 Å². The fourth-order valence-electron chi connectivity index (χ4n) is 2.33. The normalized spacial score (nSPS) is 11.8. The smallest absolute Gasteiger partial charge is 0.247 e. The molecule has 5 heteroatoms. The molecular formula is C17H12F3NS. The highest BCUT2D eigenvalue weighted by molar-refractivity contribution is 8.00. The van der Waals surface area contributed by atoms with Crippen molar-refractivity contribution < 1.29 is 13.2 Å². The summed E-state index contributed by atoms with van der Waals surface area (Å²) in [6.45, 7) is 1.87. The summed E-state index contributed by atoms with van der Waals surface area (Å²) in [5, 5.41) is 0.701. The van der Waals surface area contributed by atoms with E-state index < -0.39 is 5.51 Å². The molecule has 0 aliphatic carbocycles.